The van der Waals surface area contributed by atoms with Crippen LogP contribution in [-0.2, 0) is 51.0 Å². The first-order chi connectivity index (χ1) is 43.7. The molecule has 2 heterocycles. The predicted molar refractivity (Wildman–Crippen MR) is 356 cm³/mol. The summed E-state index contributed by atoms with van der Waals surface area (Å²) in [4.78, 5) is 136. The number of hydrogen-bond donors (Lipinski definition) is 6. The number of likely N-dealkylation sites (N-methyl/N-ethyl adjacent to an activating group) is 2. The molecule has 11 atom stereocenters. The lowest BCUT2D eigenvalue weighted by atomic mass is 9.84. The minimum atomic E-state index is -1.34. The van der Waals surface area contributed by atoms with E-state index >= 15 is 9.59 Å². The standard InChI is InChI=1S/C71H104N10O13/c1-41(78(16)65(89)93-69(9,10)11)58(82)76-56(67(3,4)5)63(87)80-39-47(37-54(80)61(85)74-52-32-24-28-43-26-20-22-30-50(43)52)72-59(83)45-34-46(36-49(35-45)91-18)60(84)73-48-38-55(62(86)75-53-33-25-29-44-27-21-23-31-51(44)53)81(40-48)64(88)57(68(6,7)8)77-71(15,92-19)42(2)79(17)66(90)94-70(12,13)14/h20-23,26-27,30-31,34-36,41-42,47-48,52-57,77H,24-25,28-29,32-33,37-40H2,1-19H3,(H,72,83)(H,73,84)(H,74,85)(H,75,86)(H,76,82)/t41-,42-,47-,48-,52+,53+,54-,55-,56+,57+,71?/m0/s1. The maximum Gasteiger partial charge on any atom is 0.410 e. The monoisotopic (exact) mass is 1300 g/mol. The molecule has 7 rings (SSSR count). The van der Waals surface area contributed by atoms with E-state index < -0.39 is 130 Å². The first-order valence-electron chi connectivity index (χ1n) is 33.0. The second kappa shape index (κ2) is 29.5. The number of aryl methyl sites for hydroxylation is 2. The number of amides is 9. The number of benzene rings is 3. The Balaban J connectivity index is 1.15. The van der Waals surface area contributed by atoms with Crippen LogP contribution in [0.3, 0.4) is 0 Å². The van der Waals surface area contributed by atoms with E-state index in [0.29, 0.717) is 12.8 Å². The summed E-state index contributed by atoms with van der Waals surface area (Å²) < 4.78 is 23.0. The minimum absolute atomic E-state index is 0.00502. The zero-order valence-corrected chi connectivity index (χ0v) is 58.8. The van der Waals surface area contributed by atoms with Crippen molar-refractivity contribution in [2.45, 2.75) is 233 Å². The Bertz CT molecular complexity index is 3290. The number of rotatable bonds is 19. The molecule has 9 amide bonds. The van der Waals surface area contributed by atoms with Crippen molar-refractivity contribution in [1.82, 2.24) is 51.5 Å². The lowest BCUT2D eigenvalue weighted by Crippen LogP contribution is -2.67. The van der Waals surface area contributed by atoms with E-state index in [1.54, 1.807) is 83.2 Å². The fourth-order valence-corrected chi connectivity index (χ4v) is 12.8. The van der Waals surface area contributed by atoms with Gasteiger partial charge in [0.25, 0.3) is 11.8 Å². The third-order valence-corrected chi connectivity index (χ3v) is 18.6. The van der Waals surface area contributed by atoms with Crippen LogP contribution in [0.1, 0.15) is 197 Å². The normalized spacial score (nSPS) is 21.7. The number of carbonyl (C=O) groups is 9. The molecule has 2 aliphatic heterocycles. The van der Waals surface area contributed by atoms with Crippen molar-refractivity contribution in [3.63, 3.8) is 0 Å². The summed E-state index contributed by atoms with van der Waals surface area (Å²) in [6, 6.07) is 11.9. The molecule has 4 aliphatic rings. The first-order valence-corrected chi connectivity index (χ1v) is 33.0. The van der Waals surface area contributed by atoms with Crippen molar-refractivity contribution >= 4 is 53.5 Å². The van der Waals surface area contributed by atoms with Gasteiger partial charge in [-0.2, -0.15) is 0 Å². The van der Waals surface area contributed by atoms with Gasteiger partial charge in [-0.05, 0) is 165 Å². The zero-order chi connectivity index (χ0) is 69.7. The largest absolute Gasteiger partial charge is 0.497 e. The van der Waals surface area contributed by atoms with Crippen molar-refractivity contribution in [1.29, 1.82) is 0 Å². The van der Waals surface area contributed by atoms with Gasteiger partial charge in [0.1, 0.15) is 46.8 Å². The summed E-state index contributed by atoms with van der Waals surface area (Å²) >= 11 is 0. The molecular formula is C71H104N10O13. The Morgan fingerprint density at radius 1 is 0.553 bits per heavy atom. The van der Waals surface area contributed by atoms with Gasteiger partial charge in [0.2, 0.25) is 29.5 Å². The van der Waals surface area contributed by atoms with Crippen LogP contribution in [-0.4, -0.2) is 180 Å². The molecule has 0 aromatic heterocycles. The minimum Gasteiger partial charge on any atom is -0.497 e. The molecular weight excluding hydrogens is 1200 g/mol. The van der Waals surface area contributed by atoms with E-state index in [4.69, 9.17) is 18.9 Å². The van der Waals surface area contributed by atoms with Crippen LogP contribution < -0.4 is 36.6 Å². The van der Waals surface area contributed by atoms with Crippen molar-refractivity contribution in [3.8, 4) is 5.75 Å². The summed E-state index contributed by atoms with van der Waals surface area (Å²) in [5, 5.41) is 18.9. The van der Waals surface area contributed by atoms with Crippen LogP contribution in [0.5, 0.6) is 5.75 Å². The van der Waals surface area contributed by atoms with Gasteiger partial charge in [0, 0.05) is 57.5 Å². The maximum atomic E-state index is 15.5. The maximum absolute atomic E-state index is 15.5. The number of nitrogens with one attached hydrogen (secondary N) is 6. The van der Waals surface area contributed by atoms with Crippen LogP contribution >= 0.6 is 0 Å². The van der Waals surface area contributed by atoms with Crippen LogP contribution in [0.25, 0.3) is 0 Å². The molecule has 2 saturated heterocycles. The number of likely N-dealkylation sites (tertiary alicyclic amines) is 2. The molecule has 0 spiro atoms. The second-order valence-corrected chi connectivity index (χ2v) is 30.2. The van der Waals surface area contributed by atoms with Crippen molar-refractivity contribution in [2.24, 2.45) is 10.8 Å². The van der Waals surface area contributed by atoms with Crippen molar-refractivity contribution < 1.29 is 62.1 Å². The molecule has 23 nitrogen and oxygen atoms in total. The van der Waals surface area contributed by atoms with E-state index in [9.17, 15) is 33.6 Å². The van der Waals surface area contributed by atoms with Crippen LogP contribution in [0.4, 0.5) is 9.59 Å². The molecule has 0 radical (unpaired) electrons. The van der Waals surface area contributed by atoms with Gasteiger partial charge in [0.05, 0.1) is 31.3 Å². The van der Waals surface area contributed by atoms with Gasteiger partial charge in [-0.25, -0.2) is 9.59 Å². The van der Waals surface area contributed by atoms with Gasteiger partial charge < -0.3 is 60.2 Å². The Hall–Kier alpha value is -7.79. The molecule has 6 N–H and O–H groups in total. The molecule has 0 bridgehead atoms. The van der Waals surface area contributed by atoms with Crippen LogP contribution in [0, 0.1) is 10.8 Å². The van der Waals surface area contributed by atoms with Gasteiger partial charge in [-0.15, -0.1) is 0 Å². The quantitative estimate of drug-likeness (QED) is 0.0623. The summed E-state index contributed by atoms with van der Waals surface area (Å²) in [5.41, 5.74) is -0.370. The average Bonchev–Trinajstić information content (AvgIpc) is 1.55. The van der Waals surface area contributed by atoms with E-state index in [1.165, 1.54) is 61.1 Å². The lowest BCUT2D eigenvalue weighted by Gasteiger charge is -2.45. The van der Waals surface area contributed by atoms with Gasteiger partial charge in [-0.1, -0.05) is 90.1 Å². The summed E-state index contributed by atoms with van der Waals surface area (Å²) in [6.07, 6.45) is 3.47. The van der Waals surface area contributed by atoms with E-state index in [0.717, 1.165) is 52.8 Å². The van der Waals surface area contributed by atoms with Gasteiger partial charge in [0.15, 0.2) is 0 Å². The highest BCUT2D eigenvalue weighted by Gasteiger charge is 2.50. The fourth-order valence-electron chi connectivity index (χ4n) is 12.8. The first kappa shape index (κ1) is 73.6. The topological polar surface area (TPSA) is 276 Å². The Morgan fingerprint density at radius 3 is 1.37 bits per heavy atom. The average molecular weight is 1310 g/mol. The van der Waals surface area contributed by atoms with Crippen molar-refractivity contribution in [3.05, 3.63) is 100 Å². The van der Waals surface area contributed by atoms with E-state index in [1.807, 2.05) is 63.2 Å². The lowest BCUT2D eigenvalue weighted by molar-refractivity contribution is -0.148. The highest BCUT2D eigenvalue weighted by atomic mass is 16.6. The SMILES string of the molecule is COc1cc(C(=O)N[C@H]2C[C@@H](C(=O)N[C@@H]3CCCc4ccccc43)N(C(=O)[C@@H](NC(=O)[C@H](C)N(C)C(=O)OC(C)(C)C)C(C)(C)C)C2)cc(C(=O)N[C@H]2C[C@@H](C(=O)N[C@@H]3CCCc4ccccc43)N(C(=O)[C@@H](NC(C)(OC)[C@H](C)N(C)C(=O)OC(C)(C)C)C(C)(C)C)C2)c1. The third kappa shape index (κ3) is 18.0. The van der Waals surface area contributed by atoms with Crippen LogP contribution in [0.15, 0.2) is 66.7 Å². The third-order valence-electron chi connectivity index (χ3n) is 18.6. The number of carbonyl (C=O) groups excluding carboxylic acids is 9. The summed E-state index contributed by atoms with van der Waals surface area (Å²) in [7, 11) is 5.91. The van der Waals surface area contributed by atoms with E-state index in [-0.39, 0.29) is 54.9 Å². The molecule has 516 valence electrons. The molecule has 3 aromatic rings. The Kier molecular flexibility index (Phi) is 23.1. The highest BCUT2D eigenvalue weighted by molar-refractivity contribution is 6.01. The fraction of sp³-hybridized carbons (Fsp3) is 0.620. The summed E-state index contributed by atoms with van der Waals surface area (Å²) in [5.74, 6) is -3.56. The number of methoxy groups -OCH3 is 2. The van der Waals surface area contributed by atoms with Gasteiger partial charge in [-0.3, -0.25) is 43.8 Å². The number of ether oxygens (including phenoxy) is 4. The molecule has 94 heavy (non-hydrogen) atoms. The van der Waals surface area contributed by atoms with Crippen LogP contribution in [0.2, 0.25) is 0 Å². The number of fused-ring (bicyclic) bond motifs is 2. The van der Waals surface area contributed by atoms with Crippen molar-refractivity contribution in [2.75, 3.05) is 41.4 Å². The zero-order valence-electron chi connectivity index (χ0n) is 58.8. The Morgan fingerprint density at radius 2 is 0.968 bits per heavy atom. The second-order valence-electron chi connectivity index (χ2n) is 30.2. The van der Waals surface area contributed by atoms with Gasteiger partial charge >= 0.3 is 12.2 Å². The predicted octanol–water partition coefficient (Wildman–Crippen LogP) is 7.89. The molecule has 3 aromatic carbocycles. The molecule has 2 fully saturated rings. The number of hydrogen-bond acceptors (Lipinski definition) is 14. The molecule has 0 saturated carbocycles. The molecule has 2 aliphatic carbocycles. The Labute approximate surface area is 555 Å². The smallest absolute Gasteiger partial charge is 0.410 e. The molecule has 1 unspecified atom stereocenters. The summed E-state index contributed by atoms with van der Waals surface area (Å²) in [6.45, 7) is 26.3. The van der Waals surface area contributed by atoms with E-state index in [2.05, 4.69) is 38.0 Å². The number of nitrogens with zero attached hydrogens (tertiary/aromatic N) is 4. The highest BCUT2D eigenvalue weighted by Crippen LogP contribution is 2.35. The molecule has 23 heteroatoms.